The number of rotatable bonds is 5. The van der Waals surface area contributed by atoms with Crippen LogP contribution in [0.3, 0.4) is 0 Å². The molecule has 0 fully saturated rings. The van der Waals surface area contributed by atoms with Gasteiger partial charge in [-0.15, -0.1) is 0 Å². The van der Waals surface area contributed by atoms with Crippen LogP contribution in [0.15, 0.2) is 23.2 Å². The number of aromatic nitrogens is 4. The minimum atomic E-state index is 0.469. The van der Waals surface area contributed by atoms with Gasteiger partial charge in [0.2, 0.25) is 5.88 Å². The molecular weight excluding hydrogens is 298 g/mol. The first-order valence-corrected chi connectivity index (χ1v) is 6.48. The number of nitrogens with zero attached hydrogens (tertiary/aromatic N) is 4. The second-order valence-corrected chi connectivity index (χ2v) is 4.30. The molecule has 0 spiro atoms. The Morgan fingerprint density at radius 1 is 1.39 bits per heavy atom. The van der Waals surface area contributed by atoms with Gasteiger partial charge in [0.1, 0.15) is 16.6 Å². The lowest BCUT2D eigenvalue weighted by molar-refractivity contribution is 0.457. The molecule has 2 aromatic heterocycles. The zero-order chi connectivity index (χ0) is 13.0. The first-order valence-electron chi connectivity index (χ1n) is 5.69. The summed E-state index contributed by atoms with van der Waals surface area (Å²) in [7, 11) is 0. The summed E-state index contributed by atoms with van der Waals surface area (Å²) in [6, 6.07) is 0. The summed E-state index contributed by atoms with van der Waals surface area (Å²) in [5.74, 6) is 1.83. The molecule has 1 N–H and O–H groups in total. The molecule has 0 atom stereocenters. The number of ether oxygens (including phenoxy) is 1. The molecule has 0 radical (unpaired) electrons. The van der Waals surface area contributed by atoms with Crippen molar-refractivity contribution in [2.24, 2.45) is 0 Å². The zero-order valence-electron chi connectivity index (χ0n) is 10.2. The van der Waals surface area contributed by atoms with E-state index < -0.39 is 0 Å². The van der Waals surface area contributed by atoms with Crippen LogP contribution in [0.5, 0.6) is 11.6 Å². The third-order valence-corrected chi connectivity index (χ3v) is 2.96. The van der Waals surface area contributed by atoms with Crippen LogP contribution in [0.25, 0.3) is 0 Å². The topological polar surface area (TPSA) is 64.9 Å². The van der Waals surface area contributed by atoms with Gasteiger partial charge in [-0.3, -0.25) is 4.68 Å². The molecule has 0 aromatic carbocycles. The van der Waals surface area contributed by atoms with Crippen LogP contribution < -0.4 is 10.1 Å². The first-order chi connectivity index (χ1) is 8.74. The molecule has 0 aliphatic rings. The number of nitrogens with one attached hydrogen (secondary N) is 1. The number of hydrogen-bond donors (Lipinski definition) is 1. The molecule has 0 aliphatic carbocycles. The van der Waals surface area contributed by atoms with E-state index in [-0.39, 0.29) is 0 Å². The summed E-state index contributed by atoms with van der Waals surface area (Å²) in [4.78, 5) is 8.22. The van der Waals surface area contributed by atoms with Gasteiger partial charge in [-0.05, 0) is 29.8 Å². The zero-order valence-corrected chi connectivity index (χ0v) is 11.8. The lowest BCUT2D eigenvalue weighted by atomic mass is 10.5. The maximum atomic E-state index is 5.66. The van der Waals surface area contributed by atoms with Crippen molar-refractivity contribution in [3.05, 3.63) is 23.2 Å². The van der Waals surface area contributed by atoms with Gasteiger partial charge in [-0.2, -0.15) is 5.10 Å². The highest BCUT2D eigenvalue weighted by Gasteiger charge is 2.11. The fourth-order valence-electron chi connectivity index (χ4n) is 1.40. The monoisotopic (exact) mass is 311 g/mol. The third-order valence-electron chi connectivity index (χ3n) is 2.25. The maximum absolute atomic E-state index is 5.66. The highest BCUT2D eigenvalue weighted by Crippen LogP contribution is 2.31. The number of anilines is 1. The molecule has 2 heterocycles. The standard InChI is InChI=1S/C11H14BrN5O/c1-3-13-10-9(12)11(15-7-14-10)18-8-5-16-17(4-2)6-8/h5-7H,3-4H2,1-2H3,(H,13,14,15). The highest BCUT2D eigenvalue weighted by atomic mass is 79.9. The quantitative estimate of drug-likeness (QED) is 0.919. The van der Waals surface area contributed by atoms with Gasteiger partial charge < -0.3 is 10.1 Å². The minimum Gasteiger partial charge on any atom is -0.434 e. The first kappa shape index (κ1) is 12.8. The smallest absolute Gasteiger partial charge is 0.239 e. The van der Waals surface area contributed by atoms with Crippen LogP contribution in [0, 0.1) is 0 Å². The fourth-order valence-corrected chi connectivity index (χ4v) is 1.82. The van der Waals surface area contributed by atoms with E-state index in [4.69, 9.17) is 4.74 Å². The normalized spacial score (nSPS) is 10.4. The average Bonchev–Trinajstić information content (AvgIpc) is 2.82. The van der Waals surface area contributed by atoms with E-state index in [9.17, 15) is 0 Å². The lowest BCUT2D eigenvalue weighted by Gasteiger charge is -2.08. The van der Waals surface area contributed by atoms with Gasteiger partial charge in [0.25, 0.3) is 0 Å². The van der Waals surface area contributed by atoms with Gasteiger partial charge in [-0.1, -0.05) is 0 Å². The summed E-state index contributed by atoms with van der Waals surface area (Å²) < 4.78 is 8.15. The van der Waals surface area contributed by atoms with E-state index in [1.165, 1.54) is 6.33 Å². The van der Waals surface area contributed by atoms with E-state index in [0.717, 1.165) is 13.1 Å². The Hall–Kier alpha value is -1.63. The Bertz CT molecular complexity index is 528. The molecule has 18 heavy (non-hydrogen) atoms. The van der Waals surface area contributed by atoms with Crippen molar-refractivity contribution in [3.63, 3.8) is 0 Å². The van der Waals surface area contributed by atoms with E-state index >= 15 is 0 Å². The van der Waals surface area contributed by atoms with Crippen molar-refractivity contribution in [1.82, 2.24) is 19.7 Å². The molecule has 2 aromatic rings. The van der Waals surface area contributed by atoms with Crippen LogP contribution in [-0.4, -0.2) is 26.3 Å². The minimum absolute atomic E-state index is 0.469. The average molecular weight is 312 g/mol. The largest absolute Gasteiger partial charge is 0.434 e. The second kappa shape index (κ2) is 5.81. The van der Waals surface area contributed by atoms with E-state index in [2.05, 4.69) is 36.3 Å². The third kappa shape index (κ3) is 2.79. The number of aryl methyl sites for hydroxylation is 1. The molecule has 6 nitrogen and oxygen atoms in total. The lowest BCUT2D eigenvalue weighted by Crippen LogP contribution is -2.02. The molecule has 96 valence electrons. The maximum Gasteiger partial charge on any atom is 0.239 e. The van der Waals surface area contributed by atoms with Crippen LogP contribution >= 0.6 is 15.9 Å². The van der Waals surface area contributed by atoms with Crippen molar-refractivity contribution >= 4 is 21.7 Å². The number of hydrogen-bond acceptors (Lipinski definition) is 5. The van der Waals surface area contributed by atoms with Gasteiger partial charge >= 0.3 is 0 Å². The van der Waals surface area contributed by atoms with Gasteiger partial charge in [0.15, 0.2) is 5.75 Å². The van der Waals surface area contributed by atoms with E-state index in [1.807, 2.05) is 20.0 Å². The SMILES string of the molecule is CCNc1ncnc(Oc2cnn(CC)c2)c1Br. The van der Waals surface area contributed by atoms with Crippen molar-refractivity contribution in [3.8, 4) is 11.6 Å². The molecule has 7 heteroatoms. The molecule has 0 amide bonds. The van der Waals surface area contributed by atoms with Crippen LogP contribution in [0.4, 0.5) is 5.82 Å². The van der Waals surface area contributed by atoms with Crippen molar-refractivity contribution < 1.29 is 4.74 Å². The summed E-state index contributed by atoms with van der Waals surface area (Å²) in [6.07, 6.45) is 4.94. The van der Waals surface area contributed by atoms with Gasteiger partial charge in [0.05, 0.1) is 12.4 Å². The summed E-state index contributed by atoms with van der Waals surface area (Å²) in [5.41, 5.74) is 0. The predicted octanol–water partition coefficient (Wildman–Crippen LogP) is 2.68. The summed E-state index contributed by atoms with van der Waals surface area (Å²) in [5, 5.41) is 7.26. The molecule has 0 saturated carbocycles. The van der Waals surface area contributed by atoms with Crippen molar-refractivity contribution in [2.75, 3.05) is 11.9 Å². The Kier molecular flexibility index (Phi) is 4.14. The highest BCUT2D eigenvalue weighted by molar-refractivity contribution is 9.10. The molecule has 0 aliphatic heterocycles. The molecule has 2 rings (SSSR count). The van der Waals surface area contributed by atoms with Crippen molar-refractivity contribution in [2.45, 2.75) is 20.4 Å². The summed E-state index contributed by atoms with van der Waals surface area (Å²) in [6.45, 7) is 5.60. The second-order valence-electron chi connectivity index (χ2n) is 3.51. The fraction of sp³-hybridized carbons (Fsp3) is 0.364. The Balaban J connectivity index is 2.20. The Labute approximate surface area is 114 Å². The van der Waals surface area contributed by atoms with Crippen molar-refractivity contribution in [1.29, 1.82) is 0 Å². The number of halogens is 1. The Morgan fingerprint density at radius 2 is 2.22 bits per heavy atom. The molecular formula is C11H14BrN5O. The van der Waals surface area contributed by atoms with E-state index in [1.54, 1.807) is 10.9 Å². The molecule has 0 unspecified atom stereocenters. The predicted molar refractivity (Wildman–Crippen MR) is 71.9 cm³/mol. The van der Waals surface area contributed by atoms with Gasteiger partial charge in [0, 0.05) is 13.1 Å². The molecule has 0 bridgehead atoms. The summed E-state index contributed by atoms with van der Waals surface area (Å²) >= 11 is 3.42. The van der Waals surface area contributed by atoms with Crippen LogP contribution in [0.2, 0.25) is 0 Å². The van der Waals surface area contributed by atoms with Gasteiger partial charge in [-0.25, -0.2) is 9.97 Å². The van der Waals surface area contributed by atoms with Crippen LogP contribution in [-0.2, 0) is 6.54 Å². The molecule has 0 saturated heterocycles. The Morgan fingerprint density at radius 3 is 2.89 bits per heavy atom. The van der Waals surface area contributed by atoms with E-state index in [0.29, 0.717) is 21.9 Å². The van der Waals surface area contributed by atoms with Crippen LogP contribution in [0.1, 0.15) is 13.8 Å².